The quantitative estimate of drug-likeness (QED) is 0.892. The van der Waals surface area contributed by atoms with Crippen molar-refractivity contribution < 1.29 is 9.53 Å². The van der Waals surface area contributed by atoms with Crippen molar-refractivity contribution in [2.24, 2.45) is 0 Å². The Morgan fingerprint density at radius 2 is 1.89 bits per heavy atom. The Hall–Kier alpha value is -2.20. The van der Waals surface area contributed by atoms with Crippen molar-refractivity contribution in [1.82, 2.24) is 10.3 Å². The lowest BCUT2D eigenvalue weighted by Crippen LogP contribution is -2.29. The van der Waals surface area contributed by atoms with Gasteiger partial charge in [-0.3, -0.25) is 9.78 Å². The molecular weight excluding hydrogens is 240 g/mol. The first-order chi connectivity index (χ1) is 9.31. The second-order valence-electron chi connectivity index (χ2n) is 4.08. The molecule has 0 saturated carbocycles. The third-order valence-corrected chi connectivity index (χ3v) is 2.85. The molecule has 2 aromatic rings. The van der Waals surface area contributed by atoms with Crippen LogP contribution >= 0.6 is 0 Å². The lowest BCUT2D eigenvalue weighted by Gasteiger charge is -2.16. The molecular formula is C15H16N2O2. The van der Waals surface area contributed by atoms with E-state index >= 15 is 0 Å². The molecule has 0 fully saturated rings. The zero-order valence-corrected chi connectivity index (χ0v) is 10.7. The van der Waals surface area contributed by atoms with E-state index in [9.17, 15) is 4.79 Å². The summed E-state index contributed by atoms with van der Waals surface area (Å²) in [6, 6.07) is 13.2. The van der Waals surface area contributed by atoms with Crippen LogP contribution < -0.4 is 5.32 Å². The van der Waals surface area contributed by atoms with E-state index in [1.807, 2.05) is 30.3 Å². The topological polar surface area (TPSA) is 51.2 Å². The van der Waals surface area contributed by atoms with Gasteiger partial charge in [0.1, 0.15) is 0 Å². The highest BCUT2D eigenvalue weighted by atomic mass is 16.5. The van der Waals surface area contributed by atoms with E-state index in [1.165, 1.54) is 0 Å². The summed E-state index contributed by atoms with van der Waals surface area (Å²) in [7, 11) is 1.64. The van der Waals surface area contributed by atoms with Gasteiger partial charge in [0.15, 0.2) is 0 Å². The zero-order chi connectivity index (χ0) is 13.5. The molecule has 1 heterocycles. The van der Waals surface area contributed by atoms with E-state index in [0.717, 1.165) is 5.56 Å². The molecule has 0 aliphatic carbocycles. The van der Waals surface area contributed by atoms with E-state index in [-0.39, 0.29) is 12.0 Å². The minimum Gasteiger partial charge on any atom is -0.375 e. The third kappa shape index (κ3) is 3.63. The van der Waals surface area contributed by atoms with Gasteiger partial charge in [-0.25, -0.2) is 0 Å². The average Bonchev–Trinajstić information content (AvgIpc) is 2.49. The summed E-state index contributed by atoms with van der Waals surface area (Å²) in [4.78, 5) is 15.8. The largest absolute Gasteiger partial charge is 0.375 e. The molecule has 19 heavy (non-hydrogen) atoms. The normalized spacial score (nSPS) is 11.8. The van der Waals surface area contributed by atoms with Crippen molar-refractivity contribution in [2.75, 3.05) is 13.7 Å². The Morgan fingerprint density at radius 3 is 2.53 bits per heavy atom. The maximum Gasteiger partial charge on any atom is 0.251 e. The highest BCUT2D eigenvalue weighted by Gasteiger charge is 2.12. The number of hydrogen-bond donors (Lipinski definition) is 1. The maximum atomic E-state index is 11.9. The van der Waals surface area contributed by atoms with Crippen molar-refractivity contribution >= 4 is 5.91 Å². The van der Waals surface area contributed by atoms with Gasteiger partial charge >= 0.3 is 0 Å². The van der Waals surface area contributed by atoms with Gasteiger partial charge in [-0.15, -0.1) is 0 Å². The number of benzene rings is 1. The van der Waals surface area contributed by atoms with Crippen LogP contribution in [0.2, 0.25) is 0 Å². The van der Waals surface area contributed by atoms with Gasteiger partial charge < -0.3 is 10.1 Å². The number of hydrogen-bond acceptors (Lipinski definition) is 3. The second-order valence-corrected chi connectivity index (χ2v) is 4.08. The Labute approximate surface area is 112 Å². The molecule has 1 aromatic carbocycles. The number of methoxy groups -OCH3 is 1. The number of rotatable bonds is 5. The molecule has 1 atom stereocenters. The van der Waals surface area contributed by atoms with Crippen LogP contribution in [-0.4, -0.2) is 24.5 Å². The number of ether oxygens (including phenoxy) is 1. The Kier molecular flexibility index (Phi) is 4.64. The van der Waals surface area contributed by atoms with Gasteiger partial charge in [-0.05, 0) is 17.7 Å². The van der Waals surface area contributed by atoms with Gasteiger partial charge in [-0.2, -0.15) is 0 Å². The van der Waals surface area contributed by atoms with Crippen molar-refractivity contribution in [3.05, 3.63) is 66.0 Å². The molecule has 1 aromatic heterocycles. The molecule has 0 bridgehead atoms. The standard InChI is InChI=1S/C15H16N2O2/c1-19-14(12-5-3-2-4-6-12)11-17-15(18)13-7-9-16-10-8-13/h2-10,14H,11H2,1H3,(H,17,18)/t14-/m0/s1. The Bertz CT molecular complexity index is 514. The van der Waals surface area contributed by atoms with Gasteiger partial charge in [0.25, 0.3) is 5.91 Å². The summed E-state index contributed by atoms with van der Waals surface area (Å²) in [5.41, 5.74) is 1.64. The number of carbonyl (C=O) groups excluding carboxylic acids is 1. The lowest BCUT2D eigenvalue weighted by molar-refractivity contribution is 0.0828. The highest BCUT2D eigenvalue weighted by molar-refractivity contribution is 5.93. The average molecular weight is 256 g/mol. The lowest BCUT2D eigenvalue weighted by atomic mass is 10.1. The van der Waals surface area contributed by atoms with Crippen LogP contribution in [0.5, 0.6) is 0 Å². The molecule has 0 unspecified atom stereocenters. The molecule has 4 heteroatoms. The van der Waals surface area contributed by atoms with E-state index < -0.39 is 0 Å². The number of aromatic nitrogens is 1. The summed E-state index contributed by atoms with van der Waals surface area (Å²) < 4.78 is 5.40. The Morgan fingerprint density at radius 1 is 1.21 bits per heavy atom. The van der Waals surface area contributed by atoms with Gasteiger partial charge in [0.05, 0.1) is 6.10 Å². The maximum absolute atomic E-state index is 11.9. The number of nitrogens with zero attached hydrogens (tertiary/aromatic N) is 1. The van der Waals surface area contributed by atoms with Crippen molar-refractivity contribution in [1.29, 1.82) is 0 Å². The van der Waals surface area contributed by atoms with Crippen LogP contribution in [-0.2, 0) is 4.74 Å². The van der Waals surface area contributed by atoms with Crippen LogP contribution in [0.1, 0.15) is 22.0 Å². The number of pyridine rings is 1. The van der Waals surface area contributed by atoms with Crippen LogP contribution in [0.3, 0.4) is 0 Å². The smallest absolute Gasteiger partial charge is 0.251 e. The minimum absolute atomic E-state index is 0.125. The highest BCUT2D eigenvalue weighted by Crippen LogP contribution is 2.14. The molecule has 2 rings (SSSR count). The first-order valence-electron chi connectivity index (χ1n) is 6.07. The molecule has 98 valence electrons. The summed E-state index contributed by atoms with van der Waals surface area (Å²) >= 11 is 0. The zero-order valence-electron chi connectivity index (χ0n) is 10.7. The number of carbonyl (C=O) groups is 1. The third-order valence-electron chi connectivity index (χ3n) is 2.85. The summed E-state index contributed by atoms with van der Waals surface area (Å²) in [5.74, 6) is -0.125. The van der Waals surface area contributed by atoms with Crippen LogP contribution in [0, 0.1) is 0 Å². The van der Waals surface area contributed by atoms with Crippen molar-refractivity contribution in [3.8, 4) is 0 Å². The summed E-state index contributed by atoms with van der Waals surface area (Å²) in [6.07, 6.45) is 3.05. The molecule has 0 saturated heterocycles. The molecule has 0 spiro atoms. The van der Waals surface area contributed by atoms with E-state index in [2.05, 4.69) is 10.3 Å². The van der Waals surface area contributed by atoms with E-state index in [4.69, 9.17) is 4.74 Å². The second kappa shape index (κ2) is 6.66. The van der Waals surface area contributed by atoms with Crippen molar-refractivity contribution in [3.63, 3.8) is 0 Å². The molecule has 0 aliphatic rings. The Balaban J connectivity index is 1.96. The fourth-order valence-electron chi connectivity index (χ4n) is 1.80. The molecule has 1 N–H and O–H groups in total. The first kappa shape index (κ1) is 13.2. The molecule has 0 aliphatic heterocycles. The monoisotopic (exact) mass is 256 g/mol. The SMILES string of the molecule is CO[C@@H](CNC(=O)c1ccncc1)c1ccccc1. The fourth-order valence-corrected chi connectivity index (χ4v) is 1.80. The van der Waals surface area contributed by atoms with Crippen LogP contribution in [0.15, 0.2) is 54.9 Å². The first-order valence-corrected chi connectivity index (χ1v) is 6.07. The summed E-state index contributed by atoms with van der Waals surface area (Å²) in [5, 5.41) is 2.86. The van der Waals surface area contributed by atoms with Gasteiger partial charge in [-0.1, -0.05) is 30.3 Å². The number of amides is 1. The molecule has 4 nitrogen and oxygen atoms in total. The predicted molar refractivity (Wildman–Crippen MR) is 72.8 cm³/mol. The summed E-state index contributed by atoms with van der Waals surface area (Å²) in [6.45, 7) is 0.432. The predicted octanol–water partition coefficient (Wildman–Crippen LogP) is 2.20. The minimum atomic E-state index is -0.146. The van der Waals surface area contributed by atoms with Crippen LogP contribution in [0.25, 0.3) is 0 Å². The van der Waals surface area contributed by atoms with E-state index in [0.29, 0.717) is 12.1 Å². The number of nitrogens with one attached hydrogen (secondary N) is 1. The molecule has 0 radical (unpaired) electrons. The van der Waals surface area contributed by atoms with Gasteiger partial charge in [0, 0.05) is 31.6 Å². The van der Waals surface area contributed by atoms with E-state index in [1.54, 1.807) is 31.6 Å². The fraction of sp³-hybridized carbons (Fsp3) is 0.200. The molecule has 1 amide bonds. The van der Waals surface area contributed by atoms with Gasteiger partial charge in [0.2, 0.25) is 0 Å². The van der Waals surface area contributed by atoms with Crippen LogP contribution in [0.4, 0.5) is 0 Å². The van der Waals surface area contributed by atoms with Crippen molar-refractivity contribution in [2.45, 2.75) is 6.10 Å².